The largest absolute Gasteiger partial charge is 0.480 e. The third-order valence-electron chi connectivity index (χ3n) is 4.47. The van der Waals surface area contributed by atoms with E-state index in [-0.39, 0.29) is 11.4 Å². The van der Waals surface area contributed by atoms with Gasteiger partial charge in [0.25, 0.3) is 0 Å². The first-order chi connectivity index (χ1) is 9.52. The van der Waals surface area contributed by atoms with Crippen molar-refractivity contribution < 1.29 is 19.4 Å². The summed E-state index contributed by atoms with van der Waals surface area (Å²) in [7, 11) is 0. The molecule has 2 amide bonds. The number of carbonyl (C=O) groups is 2. The lowest BCUT2D eigenvalue weighted by molar-refractivity contribution is -0.148. The van der Waals surface area contributed by atoms with Crippen LogP contribution in [0.4, 0.5) is 4.79 Å². The summed E-state index contributed by atoms with van der Waals surface area (Å²) in [5, 5.41) is 14.9. The minimum Gasteiger partial charge on any atom is -0.480 e. The van der Waals surface area contributed by atoms with Gasteiger partial charge in [0.15, 0.2) is 0 Å². The van der Waals surface area contributed by atoms with Crippen molar-refractivity contribution in [3.05, 3.63) is 0 Å². The van der Waals surface area contributed by atoms with E-state index in [0.29, 0.717) is 32.6 Å². The molecular formula is C14H24N2O4. The summed E-state index contributed by atoms with van der Waals surface area (Å²) in [6, 6.07) is -0.378. The molecule has 0 unspecified atom stereocenters. The number of hydrogen-bond donors (Lipinski definition) is 3. The summed E-state index contributed by atoms with van der Waals surface area (Å²) >= 11 is 0. The number of carboxylic acids is 1. The zero-order chi connectivity index (χ0) is 14.6. The molecule has 3 N–H and O–H groups in total. The molecule has 2 aliphatic rings. The maximum atomic E-state index is 12.0. The highest BCUT2D eigenvalue weighted by Gasteiger charge is 2.44. The van der Waals surface area contributed by atoms with E-state index in [4.69, 9.17) is 4.74 Å². The zero-order valence-electron chi connectivity index (χ0n) is 12.0. The molecule has 0 aromatic rings. The third kappa shape index (κ3) is 3.42. The van der Waals surface area contributed by atoms with Crippen LogP contribution in [-0.4, -0.2) is 42.4 Å². The lowest BCUT2D eigenvalue weighted by Crippen LogP contribution is -2.60. The molecule has 1 saturated heterocycles. The van der Waals surface area contributed by atoms with Crippen molar-refractivity contribution in [2.24, 2.45) is 5.41 Å². The number of rotatable bonds is 6. The molecule has 6 heteroatoms. The van der Waals surface area contributed by atoms with Crippen LogP contribution in [0, 0.1) is 5.41 Å². The summed E-state index contributed by atoms with van der Waals surface area (Å²) in [4.78, 5) is 23.4. The van der Waals surface area contributed by atoms with Crippen molar-refractivity contribution in [1.82, 2.24) is 10.6 Å². The normalized spacial score (nSPS) is 22.9. The van der Waals surface area contributed by atoms with E-state index in [2.05, 4.69) is 17.6 Å². The molecule has 0 aromatic carbocycles. The van der Waals surface area contributed by atoms with Gasteiger partial charge in [-0.3, -0.25) is 0 Å². The molecular weight excluding hydrogens is 260 g/mol. The fraction of sp³-hybridized carbons (Fsp3) is 0.857. The topological polar surface area (TPSA) is 87.7 Å². The minimum atomic E-state index is -1.18. The van der Waals surface area contributed by atoms with E-state index in [1.165, 1.54) is 0 Å². The van der Waals surface area contributed by atoms with Gasteiger partial charge in [-0.15, -0.1) is 0 Å². The van der Waals surface area contributed by atoms with Crippen molar-refractivity contribution in [3.63, 3.8) is 0 Å². The molecule has 114 valence electrons. The monoisotopic (exact) mass is 284 g/mol. The van der Waals surface area contributed by atoms with Crippen molar-refractivity contribution >= 4 is 12.0 Å². The molecule has 1 heterocycles. The van der Waals surface area contributed by atoms with Crippen LogP contribution in [-0.2, 0) is 9.53 Å². The fourth-order valence-electron chi connectivity index (χ4n) is 2.86. The van der Waals surface area contributed by atoms with Crippen LogP contribution in [0.2, 0.25) is 0 Å². The van der Waals surface area contributed by atoms with Crippen molar-refractivity contribution in [3.8, 4) is 0 Å². The maximum absolute atomic E-state index is 12.0. The molecule has 0 spiro atoms. The maximum Gasteiger partial charge on any atom is 0.329 e. The second kappa shape index (κ2) is 5.99. The molecule has 1 aliphatic carbocycles. The Hall–Kier alpha value is -1.30. The van der Waals surface area contributed by atoms with Crippen LogP contribution < -0.4 is 10.6 Å². The number of amides is 2. The van der Waals surface area contributed by atoms with Gasteiger partial charge in [-0.25, -0.2) is 9.59 Å². The first-order valence-corrected chi connectivity index (χ1v) is 7.39. The lowest BCUT2D eigenvalue weighted by atomic mass is 9.90. The highest BCUT2D eigenvalue weighted by molar-refractivity contribution is 5.86. The van der Waals surface area contributed by atoms with Crippen molar-refractivity contribution in [2.75, 3.05) is 19.8 Å². The third-order valence-corrected chi connectivity index (χ3v) is 4.47. The summed E-state index contributed by atoms with van der Waals surface area (Å²) in [6.07, 6.45) is 5.16. The SMILES string of the molecule is CCCC1(CNC(=O)NC2(C(=O)O)CCOCC2)CC1. The Kier molecular flexibility index (Phi) is 4.52. The molecule has 1 saturated carbocycles. The number of carbonyl (C=O) groups excluding carboxylic acids is 1. The van der Waals surface area contributed by atoms with Crippen molar-refractivity contribution in [1.29, 1.82) is 0 Å². The van der Waals surface area contributed by atoms with Gasteiger partial charge in [0.05, 0.1) is 0 Å². The second-order valence-corrected chi connectivity index (χ2v) is 6.06. The summed E-state index contributed by atoms with van der Waals surface area (Å²) < 4.78 is 5.18. The van der Waals surface area contributed by atoms with Gasteiger partial charge in [-0.1, -0.05) is 13.3 Å². The summed E-state index contributed by atoms with van der Waals surface area (Å²) in [6.45, 7) is 3.51. The Morgan fingerprint density at radius 2 is 1.85 bits per heavy atom. The Balaban J connectivity index is 1.84. The van der Waals surface area contributed by atoms with Gasteiger partial charge in [0.1, 0.15) is 5.54 Å². The predicted octanol–water partition coefficient (Wildman–Crippen LogP) is 1.50. The molecule has 1 aliphatic heterocycles. The first-order valence-electron chi connectivity index (χ1n) is 7.39. The van der Waals surface area contributed by atoms with E-state index < -0.39 is 11.5 Å². The fourth-order valence-corrected chi connectivity index (χ4v) is 2.86. The Morgan fingerprint density at radius 1 is 1.20 bits per heavy atom. The predicted molar refractivity (Wildman–Crippen MR) is 73.5 cm³/mol. The highest BCUT2D eigenvalue weighted by atomic mass is 16.5. The zero-order valence-corrected chi connectivity index (χ0v) is 12.0. The number of urea groups is 1. The van der Waals surface area contributed by atoms with E-state index in [0.717, 1.165) is 25.7 Å². The van der Waals surface area contributed by atoms with Gasteiger partial charge in [-0.2, -0.15) is 0 Å². The molecule has 0 radical (unpaired) electrons. The number of aliphatic carboxylic acids is 1. The average Bonchev–Trinajstić information content (AvgIpc) is 3.18. The van der Waals surface area contributed by atoms with E-state index >= 15 is 0 Å². The van der Waals surface area contributed by atoms with Crippen LogP contribution in [0.5, 0.6) is 0 Å². The van der Waals surface area contributed by atoms with Gasteiger partial charge < -0.3 is 20.5 Å². The number of carboxylic acid groups (broad SMARTS) is 1. The highest BCUT2D eigenvalue weighted by Crippen LogP contribution is 2.48. The molecule has 2 rings (SSSR count). The van der Waals surface area contributed by atoms with Crippen LogP contribution in [0.1, 0.15) is 45.4 Å². The number of ether oxygens (including phenoxy) is 1. The van der Waals surface area contributed by atoms with Crippen LogP contribution >= 0.6 is 0 Å². The molecule has 6 nitrogen and oxygen atoms in total. The molecule has 2 fully saturated rings. The van der Waals surface area contributed by atoms with Gasteiger partial charge in [-0.05, 0) is 24.7 Å². The Bertz CT molecular complexity index is 373. The smallest absolute Gasteiger partial charge is 0.329 e. The number of nitrogens with one attached hydrogen (secondary N) is 2. The van der Waals surface area contributed by atoms with Crippen LogP contribution in [0.3, 0.4) is 0 Å². The second-order valence-electron chi connectivity index (χ2n) is 6.06. The number of hydrogen-bond acceptors (Lipinski definition) is 3. The Labute approximate surface area is 119 Å². The summed E-state index contributed by atoms with van der Waals surface area (Å²) in [5.41, 5.74) is -0.915. The lowest BCUT2D eigenvalue weighted by Gasteiger charge is -2.34. The minimum absolute atomic E-state index is 0.262. The molecule has 0 aromatic heterocycles. The average molecular weight is 284 g/mol. The van der Waals surface area contributed by atoms with E-state index in [9.17, 15) is 14.7 Å². The van der Waals surface area contributed by atoms with E-state index in [1.54, 1.807) is 0 Å². The standard InChI is InChI=1S/C14H24N2O4/c1-2-3-13(4-5-13)10-15-12(19)16-14(11(17)18)6-8-20-9-7-14/h2-10H2,1H3,(H,17,18)(H2,15,16,19). The first kappa shape index (κ1) is 15.1. The van der Waals surface area contributed by atoms with E-state index in [1.807, 2.05) is 0 Å². The van der Waals surface area contributed by atoms with Crippen molar-refractivity contribution in [2.45, 2.75) is 51.0 Å². The molecule has 20 heavy (non-hydrogen) atoms. The molecule has 0 bridgehead atoms. The van der Waals surface area contributed by atoms with Gasteiger partial charge >= 0.3 is 12.0 Å². The van der Waals surface area contributed by atoms with Crippen LogP contribution in [0.25, 0.3) is 0 Å². The quantitative estimate of drug-likeness (QED) is 0.689. The Morgan fingerprint density at radius 3 is 2.35 bits per heavy atom. The molecule has 0 atom stereocenters. The van der Waals surface area contributed by atoms with Gasteiger partial charge in [0, 0.05) is 32.6 Å². The van der Waals surface area contributed by atoms with Crippen LogP contribution in [0.15, 0.2) is 0 Å². The van der Waals surface area contributed by atoms with Gasteiger partial charge in [0.2, 0.25) is 0 Å². The summed E-state index contributed by atoms with van der Waals surface area (Å²) in [5.74, 6) is -0.981.